The minimum Gasteiger partial charge on any atom is -0.388 e. The molecule has 3 aliphatic rings. The minimum atomic E-state index is -1.26. The highest BCUT2D eigenvalue weighted by molar-refractivity contribution is 6.21. The first-order chi connectivity index (χ1) is 17.6. The van der Waals surface area contributed by atoms with Gasteiger partial charge in [0.05, 0.1) is 24.3 Å². The molecule has 4 unspecified atom stereocenters. The van der Waals surface area contributed by atoms with E-state index >= 15 is 0 Å². The maximum absolute atomic E-state index is 13.3. The first kappa shape index (κ1) is 23.0. The lowest BCUT2D eigenvalue weighted by Gasteiger charge is -2.49. The summed E-state index contributed by atoms with van der Waals surface area (Å²) in [6.07, 6.45) is -4.54. The summed E-state index contributed by atoms with van der Waals surface area (Å²) in [5.74, 6) is -0.997. The van der Waals surface area contributed by atoms with Crippen LogP contribution < -0.4 is 0 Å². The van der Waals surface area contributed by atoms with Crippen molar-refractivity contribution in [3.63, 3.8) is 0 Å². The third-order valence-electron chi connectivity index (χ3n) is 6.79. The van der Waals surface area contributed by atoms with Crippen molar-refractivity contribution in [3.05, 3.63) is 107 Å². The van der Waals surface area contributed by atoms with Gasteiger partial charge in [0.15, 0.2) is 12.6 Å². The lowest BCUT2D eigenvalue weighted by atomic mass is 9.94. The van der Waals surface area contributed by atoms with Gasteiger partial charge in [-0.3, -0.25) is 14.5 Å². The van der Waals surface area contributed by atoms with Crippen LogP contribution in [-0.4, -0.2) is 59.1 Å². The number of benzene rings is 3. The van der Waals surface area contributed by atoms with Gasteiger partial charge in [-0.1, -0.05) is 72.8 Å². The maximum atomic E-state index is 13.3. The van der Waals surface area contributed by atoms with Crippen LogP contribution in [0.5, 0.6) is 0 Å². The third kappa shape index (κ3) is 4.03. The summed E-state index contributed by atoms with van der Waals surface area (Å²) in [5, 5.41) is 11.6. The Bertz CT molecular complexity index is 1220. The monoisotopic (exact) mass is 487 g/mol. The van der Waals surface area contributed by atoms with Crippen molar-refractivity contribution >= 4 is 11.8 Å². The molecular weight excluding hydrogens is 462 g/mol. The predicted octanol–water partition coefficient (Wildman–Crippen LogP) is 3.07. The van der Waals surface area contributed by atoms with Gasteiger partial charge < -0.3 is 24.1 Å². The van der Waals surface area contributed by atoms with Crippen molar-refractivity contribution in [3.8, 4) is 0 Å². The molecule has 6 rings (SSSR count). The van der Waals surface area contributed by atoms with Gasteiger partial charge in [-0.2, -0.15) is 0 Å². The molecule has 0 spiro atoms. The molecule has 0 bridgehead atoms. The second-order valence-corrected chi connectivity index (χ2v) is 9.02. The van der Waals surface area contributed by atoms with Crippen LogP contribution in [0.3, 0.4) is 0 Å². The highest BCUT2D eigenvalue weighted by Crippen LogP contribution is 2.38. The van der Waals surface area contributed by atoms with Crippen LogP contribution in [0.1, 0.15) is 38.1 Å². The molecule has 3 heterocycles. The molecule has 0 aromatic heterocycles. The van der Waals surface area contributed by atoms with E-state index in [1.165, 1.54) is 0 Å². The number of aliphatic hydroxyl groups is 1. The van der Waals surface area contributed by atoms with E-state index in [9.17, 15) is 14.7 Å². The average molecular weight is 488 g/mol. The summed E-state index contributed by atoms with van der Waals surface area (Å²) in [6.45, 7) is 0.324. The average Bonchev–Trinajstić information content (AvgIpc) is 3.18. The molecule has 184 valence electrons. The number of fused-ring (bicyclic) bond motifs is 2. The Labute approximate surface area is 208 Å². The van der Waals surface area contributed by atoms with Crippen molar-refractivity contribution in [1.82, 2.24) is 4.90 Å². The summed E-state index contributed by atoms with van der Waals surface area (Å²) >= 11 is 0. The van der Waals surface area contributed by atoms with Crippen molar-refractivity contribution in [2.75, 3.05) is 6.61 Å². The Morgan fingerprint density at radius 3 is 2.11 bits per heavy atom. The minimum absolute atomic E-state index is 0.154. The number of nitrogens with zero attached hydrogens (tertiary/aromatic N) is 1. The summed E-state index contributed by atoms with van der Waals surface area (Å²) < 4.78 is 24.3. The molecule has 1 N–H and O–H groups in total. The lowest BCUT2D eigenvalue weighted by Crippen LogP contribution is -2.67. The Balaban J connectivity index is 1.31. The number of ether oxygens (including phenoxy) is 4. The van der Waals surface area contributed by atoms with Gasteiger partial charge in [-0.25, -0.2) is 0 Å². The fourth-order valence-electron chi connectivity index (χ4n) is 5.00. The summed E-state index contributed by atoms with van der Waals surface area (Å²) in [6, 6.07) is 24.3. The molecule has 0 aliphatic carbocycles. The molecule has 8 heteroatoms. The van der Waals surface area contributed by atoms with Gasteiger partial charge in [0.1, 0.15) is 24.4 Å². The Morgan fingerprint density at radius 2 is 1.44 bits per heavy atom. The van der Waals surface area contributed by atoms with E-state index in [1.54, 1.807) is 24.3 Å². The van der Waals surface area contributed by atoms with E-state index in [4.69, 9.17) is 18.9 Å². The smallest absolute Gasteiger partial charge is 0.262 e. The second kappa shape index (κ2) is 9.57. The molecule has 2 saturated heterocycles. The number of hydrogen-bond donors (Lipinski definition) is 1. The van der Waals surface area contributed by atoms with E-state index in [1.807, 2.05) is 60.7 Å². The quantitative estimate of drug-likeness (QED) is 0.553. The zero-order valence-electron chi connectivity index (χ0n) is 19.3. The largest absolute Gasteiger partial charge is 0.388 e. The highest BCUT2D eigenvalue weighted by atomic mass is 16.7. The maximum Gasteiger partial charge on any atom is 0.262 e. The molecule has 2 fully saturated rings. The second-order valence-electron chi connectivity index (χ2n) is 9.02. The van der Waals surface area contributed by atoms with Crippen molar-refractivity contribution < 1.29 is 33.6 Å². The van der Waals surface area contributed by atoms with Crippen LogP contribution in [0.2, 0.25) is 0 Å². The van der Waals surface area contributed by atoms with Crippen LogP contribution in [0.4, 0.5) is 0 Å². The van der Waals surface area contributed by atoms with Gasteiger partial charge in [-0.15, -0.1) is 0 Å². The van der Waals surface area contributed by atoms with Crippen LogP contribution in [0, 0.1) is 0 Å². The van der Waals surface area contributed by atoms with E-state index in [2.05, 4.69) is 0 Å². The van der Waals surface area contributed by atoms with Crippen LogP contribution in [0.15, 0.2) is 84.9 Å². The number of carbonyl (C=O) groups is 2. The first-order valence-corrected chi connectivity index (χ1v) is 11.9. The lowest BCUT2D eigenvalue weighted by molar-refractivity contribution is -0.350. The fourth-order valence-corrected chi connectivity index (χ4v) is 5.00. The van der Waals surface area contributed by atoms with Crippen LogP contribution >= 0.6 is 0 Å². The van der Waals surface area contributed by atoms with Crippen LogP contribution in [0.25, 0.3) is 0 Å². The zero-order valence-corrected chi connectivity index (χ0v) is 19.3. The zero-order chi connectivity index (χ0) is 24.6. The molecule has 8 nitrogen and oxygen atoms in total. The number of aliphatic hydroxyl groups excluding tert-OH is 1. The van der Waals surface area contributed by atoms with Crippen molar-refractivity contribution in [2.24, 2.45) is 0 Å². The normalized spacial score (nSPS) is 29.6. The van der Waals surface area contributed by atoms with Crippen LogP contribution in [-0.2, 0) is 25.6 Å². The fraction of sp³-hybridized carbons (Fsp3) is 0.286. The van der Waals surface area contributed by atoms with Crippen molar-refractivity contribution in [1.29, 1.82) is 0 Å². The molecule has 0 radical (unpaired) electrons. The molecule has 36 heavy (non-hydrogen) atoms. The highest BCUT2D eigenvalue weighted by Gasteiger charge is 2.55. The van der Waals surface area contributed by atoms with Gasteiger partial charge in [0.25, 0.3) is 11.8 Å². The summed E-state index contributed by atoms with van der Waals surface area (Å²) in [7, 11) is 0. The van der Waals surface area contributed by atoms with E-state index in [0.717, 1.165) is 16.0 Å². The van der Waals surface area contributed by atoms with E-state index < -0.39 is 48.7 Å². The Morgan fingerprint density at radius 1 is 0.833 bits per heavy atom. The summed E-state index contributed by atoms with van der Waals surface area (Å²) in [4.78, 5) is 27.7. The Hall–Kier alpha value is -3.40. The standard InChI is InChI=1S/C28H25NO7/c30-23-22(29-25(31)19-13-7-8-14-20(19)26(29)32)28(33-15-17-9-3-1-4-10-17)35-21-16-34-27(36-24(21)23)18-11-5-2-6-12-18/h1-14,21-24,27-28,30H,15-16H2/t21?,22?,23?,24-,27?,28-/m1/s1. The van der Waals surface area contributed by atoms with Gasteiger partial charge in [0, 0.05) is 5.56 Å². The number of rotatable bonds is 5. The first-order valence-electron chi connectivity index (χ1n) is 11.9. The Kier molecular flexibility index (Phi) is 6.12. The predicted molar refractivity (Wildman–Crippen MR) is 127 cm³/mol. The topological polar surface area (TPSA) is 94.5 Å². The molecule has 6 atom stereocenters. The van der Waals surface area contributed by atoms with Crippen molar-refractivity contribution in [2.45, 2.75) is 43.5 Å². The van der Waals surface area contributed by atoms with Gasteiger partial charge in [-0.05, 0) is 17.7 Å². The van der Waals surface area contributed by atoms with Gasteiger partial charge in [0.2, 0.25) is 0 Å². The number of carbonyl (C=O) groups excluding carboxylic acids is 2. The molecule has 3 aromatic rings. The SMILES string of the molecule is O=C1c2ccccc2C(=O)N1C1C(O)[C@@H]2OC(c3ccccc3)OCC2O[C@H]1OCc1ccccc1. The molecule has 0 saturated carbocycles. The summed E-state index contributed by atoms with van der Waals surface area (Å²) in [5.41, 5.74) is 2.25. The van der Waals surface area contributed by atoms with E-state index in [0.29, 0.717) is 0 Å². The number of hydrogen-bond acceptors (Lipinski definition) is 7. The number of imide groups is 1. The molecule has 3 aliphatic heterocycles. The number of amides is 2. The third-order valence-corrected chi connectivity index (χ3v) is 6.79. The molecule has 2 amide bonds. The molecular formula is C28H25NO7. The molecule has 3 aromatic carbocycles. The van der Waals surface area contributed by atoms with E-state index in [-0.39, 0.29) is 24.3 Å². The van der Waals surface area contributed by atoms with Gasteiger partial charge >= 0.3 is 0 Å².